The van der Waals surface area contributed by atoms with Gasteiger partial charge in [0.15, 0.2) is 5.82 Å². The van der Waals surface area contributed by atoms with Crippen LogP contribution in [0.3, 0.4) is 0 Å². The first-order chi connectivity index (χ1) is 10.2. The average Bonchev–Trinajstić information content (AvgIpc) is 2.53. The SMILES string of the molecule is CCCOc1ncnc(NCC(C)c2ccccc2)c1N. The molecule has 112 valence electrons. The number of hydrogen-bond donors (Lipinski definition) is 2. The largest absolute Gasteiger partial charge is 0.476 e. The van der Waals surface area contributed by atoms with Gasteiger partial charge in [0, 0.05) is 6.54 Å². The second-order valence-corrected chi connectivity index (χ2v) is 4.98. The Hall–Kier alpha value is -2.30. The van der Waals surface area contributed by atoms with E-state index < -0.39 is 0 Å². The molecule has 0 aliphatic heterocycles. The van der Waals surface area contributed by atoms with Gasteiger partial charge in [-0.25, -0.2) is 4.98 Å². The Labute approximate surface area is 125 Å². The van der Waals surface area contributed by atoms with Crippen molar-refractivity contribution in [3.8, 4) is 5.88 Å². The van der Waals surface area contributed by atoms with Crippen LogP contribution in [0.15, 0.2) is 36.7 Å². The molecule has 2 aromatic rings. The fraction of sp³-hybridized carbons (Fsp3) is 0.375. The molecule has 2 rings (SSSR count). The molecule has 1 aromatic heterocycles. The zero-order chi connectivity index (χ0) is 15.1. The van der Waals surface area contributed by atoms with Crippen LogP contribution in [0.5, 0.6) is 5.88 Å². The summed E-state index contributed by atoms with van der Waals surface area (Å²) in [5.74, 6) is 1.43. The van der Waals surface area contributed by atoms with Gasteiger partial charge in [-0.3, -0.25) is 0 Å². The number of anilines is 2. The number of nitrogen functional groups attached to an aromatic ring is 1. The van der Waals surface area contributed by atoms with Crippen LogP contribution < -0.4 is 15.8 Å². The molecular formula is C16H22N4O. The number of ether oxygens (including phenoxy) is 1. The van der Waals surface area contributed by atoms with Gasteiger partial charge in [-0.05, 0) is 17.9 Å². The van der Waals surface area contributed by atoms with Gasteiger partial charge in [0.25, 0.3) is 0 Å². The zero-order valence-electron chi connectivity index (χ0n) is 12.5. The number of hydrogen-bond acceptors (Lipinski definition) is 5. The van der Waals surface area contributed by atoms with Crippen LogP contribution in [-0.2, 0) is 0 Å². The topological polar surface area (TPSA) is 73.1 Å². The van der Waals surface area contributed by atoms with E-state index in [0.29, 0.717) is 29.9 Å². The number of aromatic nitrogens is 2. The van der Waals surface area contributed by atoms with Crippen LogP contribution in [0.2, 0.25) is 0 Å². The second kappa shape index (κ2) is 7.47. The highest BCUT2D eigenvalue weighted by Gasteiger charge is 2.11. The molecule has 1 heterocycles. The highest BCUT2D eigenvalue weighted by Crippen LogP contribution is 2.25. The summed E-state index contributed by atoms with van der Waals surface area (Å²) < 4.78 is 5.50. The Morgan fingerprint density at radius 2 is 2.00 bits per heavy atom. The minimum absolute atomic E-state index is 0.362. The van der Waals surface area contributed by atoms with E-state index in [1.165, 1.54) is 11.9 Å². The van der Waals surface area contributed by atoms with E-state index in [0.717, 1.165) is 13.0 Å². The summed E-state index contributed by atoms with van der Waals surface area (Å²) in [5, 5.41) is 3.27. The first kappa shape index (κ1) is 15.1. The van der Waals surface area contributed by atoms with Crippen LogP contribution in [-0.4, -0.2) is 23.1 Å². The fourth-order valence-corrected chi connectivity index (χ4v) is 1.98. The van der Waals surface area contributed by atoms with Crippen LogP contribution in [0, 0.1) is 0 Å². The minimum Gasteiger partial charge on any atom is -0.476 e. The zero-order valence-corrected chi connectivity index (χ0v) is 12.5. The lowest BCUT2D eigenvalue weighted by Crippen LogP contribution is -2.13. The third-order valence-corrected chi connectivity index (χ3v) is 3.23. The lowest BCUT2D eigenvalue weighted by atomic mass is 10.0. The number of benzene rings is 1. The molecule has 0 spiro atoms. The maximum absolute atomic E-state index is 6.04. The molecule has 0 aliphatic carbocycles. The molecule has 0 saturated carbocycles. The fourth-order valence-electron chi connectivity index (χ4n) is 1.98. The van der Waals surface area contributed by atoms with Crippen molar-refractivity contribution in [1.29, 1.82) is 0 Å². The summed E-state index contributed by atoms with van der Waals surface area (Å²) >= 11 is 0. The normalized spacial score (nSPS) is 11.9. The second-order valence-electron chi connectivity index (χ2n) is 4.98. The van der Waals surface area contributed by atoms with Crippen LogP contribution in [0.1, 0.15) is 31.7 Å². The number of nitrogens with one attached hydrogen (secondary N) is 1. The quantitative estimate of drug-likeness (QED) is 0.818. The molecule has 5 heteroatoms. The van der Waals surface area contributed by atoms with Gasteiger partial charge >= 0.3 is 0 Å². The first-order valence-corrected chi connectivity index (χ1v) is 7.24. The summed E-state index contributed by atoms with van der Waals surface area (Å²) in [6.45, 7) is 5.55. The Bertz CT molecular complexity index is 559. The first-order valence-electron chi connectivity index (χ1n) is 7.24. The molecule has 5 nitrogen and oxygen atoms in total. The molecular weight excluding hydrogens is 264 g/mol. The van der Waals surface area contributed by atoms with E-state index >= 15 is 0 Å². The monoisotopic (exact) mass is 286 g/mol. The maximum Gasteiger partial charge on any atom is 0.242 e. The van der Waals surface area contributed by atoms with Crippen LogP contribution in [0.4, 0.5) is 11.5 Å². The van der Waals surface area contributed by atoms with Crippen LogP contribution >= 0.6 is 0 Å². The predicted molar refractivity (Wildman–Crippen MR) is 85.6 cm³/mol. The van der Waals surface area contributed by atoms with Gasteiger partial charge in [0.1, 0.15) is 12.0 Å². The highest BCUT2D eigenvalue weighted by atomic mass is 16.5. The number of nitrogens with zero attached hydrogens (tertiary/aromatic N) is 2. The molecule has 0 amide bonds. The van der Waals surface area contributed by atoms with E-state index in [-0.39, 0.29) is 0 Å². The van der Waals surface area contributed by atoms with Crippen molar-refractivity contribution in [3.63, 3.8) is 0 Å². The summed E-state index contributed by atoms with van der Waals surface area (Å²) in [4.78, 5) is 8.25. The molecule has 0 aliphatic rings. The van der Waals surface area contributed by atoms with Gasteiger partial charge in [-0.1, -0.05) is 44.2 Å². The molecule has 21 heavy (non-hydrogen) atoms. The Kier molecular flexibility index (Phi) is 5.37. The van der Waals surface area contributed by atoms with E-state index in [1.807, 2.05) is 25.1 Å². The molecule has 0 bridgehead atoms. The van der Waals surface area contributed by atoms with E-state index in [1.54, 1.807) is 0 Å². The van der Waals surface area contributed by atoms with Crippen molar-refractivity contribution in [3.05, 3.63) is 42.2 Å². The third-order valence-electron chi connectivity index (χ3n) is 3.23. The van der Waals surface area contributed by atoms with Gasteiger partial charge in [-0.15, -0.1) is 0 Å². The van der Waals surface area contributed by atoms with E-state index in [2.05, 4.69) is 34.3 Å². The summed E-state index contributed by atoms with van der Waals surface area (Å²) in [5.41, 5.74) is 7.78. The Morgan fingerprint density at radius 3 is 2.71 bits per heavy atom. The van der Waals surface area contributed by atoms with Crippen molar-refractivity contribution >= 4 is 11.5 Å². The minimum atomic E-state index is 0.362. The van der Waals surface area contributed by atoms with Gasteiger partial charge < -0.3 is 15.8 Å². The lowest BCUT2D eigenvalue weighted by Gasteiger charge is -2.15. The molecule has 0 fully saturated rings. The van der Waals surface area contributed by atoms with Crippen molar-refractivity contribution in [2.75, 3.05) is 24.2 Å². The van der Waals surface area contributed by atoms with Crippen molar-refractivity contribution in [1.82, 2.24) is 9.97 Å². The van der Waals surface area contributed by atoms with Crippen molar-refractivity contribution in [2.45, 2.75) is 26.2 Å². The van der Waals surface area contributed by atoms with Crippen molar-refractivity contribution < 1.29 is 4.74 Å². The average molecular weight is 286 g/mol. The van der Waals surface area contributed by atoms with E-state index in [4.69, 9.17) is 10.5 Å². The Morgan fingerprint density at radius 1 is 1.24 bits per heavy atom. The molecule has 1 unspecified atom stereocenters. The standard InChI is InChI=1S/C16H22N4O/c1-3-9-21-16-14(17)15(19-11-20-16)18-10-12(2)13-7-5-4-6-8-13/h4-8,11-12H,3,9-10,17H2,1-2H3,(H,18,19,20). The van der Waals surface area contributed by atoms with E-state index in [9.17, 15) is 0 Å². The predicted octanol–water partition coefficient (Wildman–Crippen LogP) is 3.06. The highest BCUT2D eigenvalue weighted by molar-refractivity contribution is 5.66. The number of rotatable bonds is 7. The van der Waals surface area contributed by atoms with Gasteiger partial charge in [-0.2, -0.15) is 4.98 Å². The van der Waals surface area contributed by atoms with Gasteiger partial charge in [0.2, 0.25) is 5.88 Å². The molecule has 3 N–H and O–H groups in total. The van der Waals surface area contributed by atoms with Crippen molar-refractivity contribution in [2.24, 2.45) is 0 Å². The summed E-state index contributed by atoms with van der Waals surface area (Å²) in [7, 11) is 0. The maximum atomic E-state index is 6.04. The molecule has 0 saturated heterocycles. The summed E-state index contributed by atoms with van der Waals surface area (Å²) in [6.07, 6.45) is 2.38. The molecule has 1 aromatic carbocycles. The van der Waals surface area contributed by atoms with Gasteiger partial charge in [0.05, 0.1) is 6.61 Å². The molecule has 1 atom stereocenters. The van der Waals surface area contributed by atoms with Crippen LogP contribution in [0.25, 0.3) is 0 Å². The smallest absolute Gasteiger partial charge is 0.242 e. The molecule has 0 radical (unpaired) electrons. The number of nitrogens with two attached hydrogens (primary N) is 1. The third kappa shape index (κ3) is 4.08. The Balaban J connectivity index is 2.00. The summed E-state index contributed by atoms with van der Waals surface area (Å²) in [6, 6.07) is 10.3. The lowest BCUT2D eigenvalue weighted by molar-refractivity contribution is 0.306.